The summed E-state index contributed by atoms with van der Waals surface area (Å²) in [6.45, 7) is 10.2. The highest BCUT2D eigenvalue weighted by Crippen LogP contribution is 2.49. The highest BCUT2D eigenvalue weighted by Gasteiger charge is 2.46. The van der Waals surface area contributed by atoms with E-state index in [1.54, 1.807) is 0 Å². The average Bonchev–Trinajstić information content (AvgIpc) is 2.44. The van der Waals surface area contributed by atoms with Crippen molar-refractivity contribution in [2.75, 3.05) is 33.2 Å². The zero-order valence-electron chi connectivity index (χ0n) is 15.1. The van der Waals surface area contributed by atoms with Crippen LogP contribution >= 0.6 is 11.9 Å². The maximum Gasteiger partial charge on any atom is 0.0195 e. The summed E-state index contributed by atoms with van der Waals surface area (Å²) in [6, 6.07) is 0. The van der Waals surface area contributed by atoms with E-state index in [0.717, 1.165) is 10.7 Å². The number of hydrogen-bond donors (Lipinski definition) is 0. The third kappa shape index (κ3) is 3.67. The molecule has 0 aromatic carbocycles. The monoisotopic (exact) mass is 324 g/mol. The summed E-state index contributed by atoms with van der Waals surface area (Å²) < 4.78 is 2.71. The Morgan fingerprint density at radius 1 is 0.955 bits per heavy atom. The van der Waals surface area contributed by atoms with Gasteiger partial charge in [0.1, 0.15) is 0 Å². The Bertz CT molecular complexity index is 348. The Balaban J connectivity index is 1.38. The lowest BCUT2D eigenvalue weighted by Gasteiger charge is -2.54. The van der Waals surface area contributed by atoms with Gasteiger partial charge in [0.15, 0.2) is 0 Å². The van der Waals surface area contributed by atoms with Crippen LogP contribution in [-0.4, -0.2) is 47.7 Å². The van der Waals surface area contributed by atoms with E-state index in [9.17, 15) is 0 Å². The molecule has 2 heterocycles. The molecule has 0 aromatic rings. The van der Waals surface area contributed by atoms with Crippen LogP contribution in [0.5, 0.6) is 0 Å². The molecule has 2 saturated heterocycles. The molecule has 2 aliphatic heterocycles. The minimum Gasteiger partial charge on any atom is -0.305 e. The van der Waals surface area contributed by atoms with Crippen LogP contribution in [0, 0.1) is 10.8 Å². The first-order valence-corrected chi connectivity index (χ1v) is 10.5. The van der Waals surface area contributed by atoms with Gasteiger partial charge >= 0.3 is 0 Å². The zero-order valence-corrected chi connectivity index (χ0v) is 15.9. The first-order chi connectivity index (χ1) is 10.6. The van der Waals surface area contributed by atoms with E-state index < -0.39 is 0 Å². The van der Waals surface area contributed by atoms with Crippen LogP contribution in [0.3, 0.4) is 0 Å². The highest BCUT2D eigenvalue weighted by atomic mass is 32.2. The molecule has 3 aliphatic rings. The van der Waals surface area contributed by atoms with Crippen LogP contribution in [0.25, 0.3) is 0 Å². The second kappa shape index (κ2) is 7.03. The van der Waals surface area contributed by atoms with Gasteiger partial charge in [0.2, 0.25) is 0 Å². The quantitative estimate of drug-likeness (QED) is 0.621. The van der Waals surface area contributed by atoms with E-state index in [4.69, 9.17) is 0 Å². The minimum absolute atomic E-state index is 0.685. The largest absolute Gasteiger partial charge is 0.305 e. The first-order valence-electron chi connectivity index (χ1n) is 9.69. The maximum absolute atomic E-state index is 2.71. The summed E-state index contributed by atoms with van der Waals surface area (Å²) in [4.78, 5) is 2.50. The van der Waals surface area contributed by atoms with Crippen LogP contribution in [0.15, 0.2) is 0 Å². The standard InChI is InChI=1S/C19H36N2S/c1-4-6-10-18(9-5-2)15-21(16-18)22-17-7-11-19(12-8-17)13-20(3)14-19/h17H,4-16H2,1-3H3. The summed E-state index contributed by atoms with van der Waals surface area (Å²) >= 11 is 2.22. The van der Waals surface area contributed by atoms with Crippen molar-refractivity contribution in [3.05, 3.63) is 0 Å². The van der Waals surface area contributed by atoms with Gasteiger partial charge in [-0.1, -0.05) is 45.1 Å². The van der Waals surface area contributed by atoms with Gasteiger partial charge in [-0.2, -0.15) is 0 Å². The molecule has 1 saturated carbocycles. The molecule has 22 heavy (non-hydrogen) atoms. The molecule has 2 nitrogen and oxygen atoms in total. The predicted octanol–water partition coefficient (Wildman–Crippen LogP) is 4.80. The van der Waals surface area contributed by atoms with Gasteiger partial charge in [0.25, 0.3) is 0 Å². The third-order valence-electron chi connectivity index (χ3n) is 6.37. The summed E-state index contributed by atoms with van der Waals surface area (Å²) in [6.07, 6.45) is 13.0. The van der Waals surface area contributed by atoms with Crippen molar-refractivity contribution in [3.8, 4) is 0 Å². The van der Waals surface area contributed by atoms with Gasteiger partial charge in [0, 0.05) is 31.4 Å². The lowest BCUT2D eigenvalue weighted by Crippen LogP contribution is -2.56. The van der Waals surface area contributed by atoms with Gasteiger partial charge in [0.05, 0.1) is 0 Å². The van der Waals surface area contributed by atoms with Gasteiger partial charge in [-0.25, -0.2) is 4.31 Å². The van der Waals surface area contributed by atoms with Gasteiger partial charge in [-0.3, -0.25) is 0 Å². The molecule has 1 aliphatic carbocycles. The van der Waals surface area contributed by atoms with E-state index in [-0.39, 0.29) is 0 Å². The Morgan fingerprint density at radius 3 is 2.18 bits per heavy atom. The summed E-state index contributed by atoms with van der Waals surface area (Å²) in [7, 11) is 2.27. The SMILES string of the molecule is CCCCC1(CCC)CN(SC2CCC3(CC2)CN(C)C3)C1. The molecule has 0 N–H and O–H groups in total. The number of rotatable bonds is 7. The molecule has 0 atom stereocenters. The van der Waals surface area contributed by atoms with Crippen LogP contribution in [-0.2, 0) is 0 Å². The molecule has 0 amide bonds. The fraction of sp³-hybridized carbons (Fsp3) is 1.00. The van der Waals surface area contributed by atoms with Crippen molar-refractivity contribution >= 4 is 11.9 Å². The lowest BCUT2D eigenvalue weighted by molar-refractivity contribution is -0.00889. The number of hydrogen-bond acceptors (Lipinski definition) is 3. The van der Waals surface area contributed by atoms with E-state index in [1.165, 1.54) is 84.0 Å². The molecule has 128 valence electrons. The second-order valence-corrected chi connectivity index (χ2v) is 10.0. The highest BCUT2D eigenvalue weighted by molar-refractivity contribution is 7.97. The topological polar surface area (TPSA) is 6.48 Å². The van der Waals surface area contributed by atoms with Crippen molar-refractivity contribution < 1.29 is 0 Å². The van der Waals surface area contributed by atoms with Crippen LogP contribution in [0.2, 0.25) is 0 Å². The van der Waals surface area contributed by atoms with E-state index in [0.29, 0.717) is 5.41 Å². The third-order valence-corrected chi connectivity index (χ3v) is 7.69. The Labute approximate surface area is 142 Å². The molecule has 0 bridgehead atoms. The number of nitrogens with zero attached hydrogens (tertiary/aromatic N) is 2. The Hall–Kier alpha value is 0.270. The van der Waals surface area contributed by atoms with Gasteiger partial charge in [-0.15, -0.1) is 0 Å². The van der Waals surface area contributed by atoms with E-state index in [1.807, 2.05) is 0 Å². The smallest absolute Gasteiger partial charge is 0.0195 e. The van der Waals surface area contributed by atoms with Crippen LogP contribution < -0.4 is 0 Å². The van der Waals surface area contributed by atoms with Crippen molar-refractivity contribution in [3.63, 3.8) is 0 Å². The van der Waals surface area contributed by atoms with Gasteiger partial charge < -0.3 is 4.90 Å². The predicted molar refractivity (Wildman–Crippen MR) is 98.2 cm³/mol. The summed E-state index contributed by atoms with van der Waals surface area (Å²) in [5.74, 6) is 0. The van der Waals surface area contributed by atoms with Crippen molar-refractivity contribution in [1.29, 1.82) is 0 Å². The normalized spacial score (nSPS) is 28.5. The Kier molecular flexibility index (Phi) is 5.46. The molecule has 1 spiro atoms. The zero-order chi connectivity index (χ0) is 15.6. The first kappa shape index (κ1) is 17.1. The fourth-order valence-corrected chi connectivity index (χ4v) is 6.80. The Morgan fingerprint density at radius 2 is 1.64 bits per heavy atom. The van der Waals surface area contributed by atoms with Crippen molar-refractivity contribution in [2.24, 2.45) is 10.8 Å². The number of unbranched alkanes of at least 4 members (excludes halogenated alkanes) is 1. The van der Waals surface area contributed by atoms with Crippen molar-refractivity contribution in [1.82, 2.24) is 9.21 Å². The molecule has 0 aromatic heterocycles. The van der Waals surface area contributed by atoms with Crippen LogP contribution in [0.1, 0.15) is 71.6 Å². The molecule has 0 unspecified atom stereocenters. The van der Waals surface area contributed by atoms with E-state index >= 15 is 0 Å². The summed E-state index contributed by atoms with van der Waals surface area (Å²) in [5.41, 5.74) is 1.41. The molecular formula is C19H36N2S. The molecule has 3 heteroatoms. The average molecular weight is 325 g/mol. The fourth-order valence-electron chi connectivity index (χ4n) is 5.23. The van der Waals surface area contributed by atoms with Gasteiger partial charge in [-0.05, 0) is 56.4 Å². The lowest BCUT2D eigenvalue weighted by atomic mass is 9.69. The minimum atomic E-state index is 0.685. The molecule has 0 radical (unpaired) electrons. The maximum atomic E-state index is 2.71. The molecular weight excluding hydrogens is 288 g/mol. The number of likely N-dealkylation sites (tertiary alicyclic amines) is 1. The van der Waals surface area contributed by atoms with Crippen LogP contribution in [0.4, 0.5) is 0 Å². The van der Waals surface area contributed by atoms with E-state index in [2.05, 4.69) is 42.0 Å². The molecule has 3 rings (SSSR count). The molecule has 3 fully saturated rings. The second-order valence-electron chi connectivity index (χ2n) is 8.63. The van der Waals surface area contributed by atoms with Crippen molar-refractivity contribution in [2.45, 2.75) is 76.9 Å². The summed E-state index contributed by atoms with van der Waals surface area (Å²) in [5, 5.41) is 0.919.